The number of benzene rings is 1. The Bertz CT molecular complexity index is 746. The van der Waals surface area contributed by atoms with E-state index in [1.807, 2.05) is 0 Å². The van der Waals surface area contributed by atoms with Crippen LogP contribution >= 0.6 is 24.0 Å². The van der Waals surface area contributed by atoms with Crippen LogP contribution in [0.4, 0.5) is 0 Å². The molecule has 0 saturated heterocycles. The van der Waals surface area contributed by atoms with Crippen LogP contribution in [0.3, 0.4) is 0 Å². The van der Waals surface area contributed by atoms with E-state index in [1.165, 1.54) is 18.6 Å². The summed E-state index contributed by atoms with van der Waals surface area (Å²) in [5.74, 6) is 0.893. The molecule has 2 unspecified atom stereocenters. The highest BCUT2D eigenvalue weighted by Gasteiger charge is 2.40. The molecule has 0 radical (unpaired) electrons. The second-order valence-electron chi connectivity index (χ2n) is 7.34. The number of carbonyl (C=O) groups excluding carboxylic acids is 1. The predicted molar refractivity (Wildman–Crippen MR) is 108 cm³/mol. The normalized spacial score (nSPS) is 27.5. The number of halogens is 2. The topological polar surface area (TPSA) is 101 Å². The molecule has 1 amide bonds. The van der Waals surface area contributed by atoms with Gasteiger partial charge in [-0.1, -0.05) is 24.1 Å². The molecule has 0 aliphatic heterocycles. The van der Waals surface area contributed by atoms with E-state index in [0.717, 1.165) is 25.7 Å². The first-order valence-electron chi connectivity index (χ1n) is 9.15. The minimum absolute atomic E-state index is 0. The van der Waals surface area contributed by atoms with Gasteiger partial charge in [-0.25, -0.2) is 13.1 Å². The fourth-order valence-electron chi connectivity index (χ4n) is 4.24. The number of nitrogens with one attached hydrogen (secondary N) is 2. The van der Waals surface area contributed by atoms with Crippen molar-refractivity contribution in [3.05, 3.63) is 29.3 Å². The molecule has 1 aromatic carbocycles. The lowest BCUT2D eigenvalue weighted by Gasteiger charge is -2.43. The van der Waals surface area contributed by atoms with Gasteiger partial charge in [0.25, 0.3) is 0 Å². The average molecular weight is 436 g/mol. The van der Waals surface area contributed by atoms with Gasteiger partial charge in [0.1, 0.15) is 0 Å². The Balaban J connectivity index is 0.00000261. The highest BCUT2D eigenvalue weighted by molar-refractivity contribution is 7.89. The van der Waals surface area contributed by atoms with Gasteiger partial charge in [-0.15, -0.1) is 12.4 Å². The quantitative estimate of drug-likeness (QED) is 0.596. The third-order valence-electron chi connectivity index (χ3n) is 5.61. The van der Waals surface area contributed by atoms with E-state index in [0.29, 0.717) is 16.9 Å². The molecule has 152 valence electrons. The van der Waals surface area contributed by atoms with Crippen LogP contribution in [0.2, 0.25) is 5.02 Å². The van der Waals surface area contributed by atoms with Gasteiger partial charge < -0.3 is 11.1 Å². The molecule has 2 saturated carbocycles. The Hall–Kier alpha value is -0.860. The number of amides is 1. The Morgan fingerprint density at radius 1 is 1.19 bits per heavy atom. The smallest absolute Gasteiger partial charge is 0.240 e. The molecule has 2 aliphatic carbocycles. The van der Waals surface area contributed by atoms with Crippen molar-refractivity contribution in [2.75, 3.05) is 13.1 Å². The van der Waals surface area contributed by atoms with E-state index in [-0.39, 0.29) is 48.3 Å². The third-order valence-corrected chi connectivity index (χ3v) is 7.30. The second-order valence-corrected chi connectivity index (χ2v) is 9.55. The van der Waals surface area contributed by atoms with Crippen LogP contribution in [-0.2, 0) is 14.8 Å². The number of hydrogen-bond donors (Lipinski definition) is 3. The molecular weight excluding hydrogens is 409 g/mol. The van der Waals surface area contributed by atoms with Crippen molar-refractivity contribution in [1.82, 2.24) is 10.0 Å². The Labute approximate surface area is 172 Å². The zero-order valence-electron chi connectivity index (χ0n) is 15.1. The van der Waals surface area contributed by atoms with Crippen LogP contribution in [0.25, 0.3) is 0 Å². The average Bonchev–Trinajstić information content (AvgIpc) is 2.58. The van der Waals surface area contributed by atoms with E-state index in [4.69, 9.17) is 17.3 Å². The minimum Gasteiger partial charge on any atom is -0.355 e. The van der Waals surface area contributed by atoms with Crippen LogP contribution in [0.5, 0.6) is 0 Å². The second kappa shape index (κ2) is 9.56. The molecule has 2 bridgehead atoms. The van der Waals surface area contributed by atoms with Gasteiger partial charge in [-0.3, -0.25) is 4.79 Å². The van der Waals surface area contributed by atoms with Crippen LogP contribution in [-0.4, -0.2) is 33.5 Å². The van der Waals surface area contributed by atoms with Crippen LogP contribution < -0.4 is 15.8 Å². The summed E-state index contributed by atoms with van der Waals surface area (Å²) < 4.78 is 26.9. The predicted octanol–water partition coefficient (Wildman–Crippen LogP) is 2.31. The lowest BCUT2D eigenvalue weighted by molar-refractivity contribution is -0.127. The number of fused-ring (bicyclic) bond motifs is 2. The summed E-state index contributed by atoms with van der Waals surface area (Å²) in [6.45, 7) is 0.399. The summed E-state index contributed by atoms with van der Waals surface area (Å²) in [5.41, 5.74) is 6.26. The highest BCUT2D eigenvalue weighted by Crippen LogP contribution is 2.41. The highest BCUT2D eigenvalue weighted by atomic mass is 35.5. The van der Waals surface area contributed by atoms with Crippen molar-refractivity contribution in [3.8, 4) is 0 Å². The van der Waals surface area contributed by atoms with Crippen molar-refractivity contribution in [2.24, 2.45) is 23.5 Å². The summed E-state index contributed by atoms with van der Waals surface area (Å²) in [6.07, 6.45) is 5.12. The van der Waals surface area contributed by atoms with Gasteiger partial charge in [0, 0.05) is 30.1 Å². The van der Waals surface area contributed by atoms with Crippen molar-refractivity contribution >= 4 is 39.9 Å². The van der Waals surface area contributed by atoms with Crippen LogP contribution in [0.1, 0.15) is 32.1 Å². The molecule has 0 heterocycles. The Morgan fingerprint density at radius 2 is 1.85 bits per heavy atom. The van der Waals surface area contributed by atoms with Gasteiger partial charge in [-0.2, -0.15) is 0 Å². The van der Waals surface area contributed by atoms with Crippen LogP contribution in [0, 0.1) is 17.8 Å². The fourth-order valence-corrected chi connectivity index (χ4v) is 5.57. The standard InChI is InChI=1S/C18H26ClN3O3S.ClH/c19-15-5-2-6-16(11-15)26(24,25)22-8-7-21-18(23)14-9-12-3-1-4-13(10-14)17(12)20;/h2,5-6,11-14,17,22H,1,3-4,7-10,20H2,(H,21,23);1H. The monoisotopic (exact) mass is 435 g/mol. The van der Waals surface area contributed by atoms with Gasteiger partial charge in [0.05, 0.1) is 4.90 Å². The van der Waals surface area contributed by atoms with Crippen molar-refractivity contribution in [2.45, 2.75) is 43.0 Å². The summed E-state index contributed by atoms with van der Waals surface area (Å²) in [6, 6.07) is 6.32. The zero-order valence-corrected chi connectivity index (χ0v) is 17.5. The number of rotatable bonds is 6. The maximum Gasteiger partial charge on any atom is 0.240 e. The fraction of sp³-hybridized carbons (Fsp3) is 0.611. The molecule has 4 N–H and O–H groups in total. The largest absolute Gasteiger partial charge is 0.355 e. The molecule has 3 rings (SSSR count). The van der Waals surface area contributed by atoms with Crippen molar-refractivity contribution in [3.63, 3.8) is 0 Å². The molecule has 6 nitrogen and oxygen atoms in total. The van der Waals surface area contributed by atoms with E-state index >= 15 is 0 Å². The summed E-state index contributed by atoms with van der Waals surface area (Å²) in [5, 5.41) is 3.22. The lowest BCUT2D eigenvalue weighted by Crippen LogP contribution is -2.49. The molecule has 9 heteroatoms. The molecule has 27 heavy (non-hydrogen) atoms. The number of nitrogens with two attached hydrogens (primary N) is 1. The van der Waals surface area contributed by atoms with E-state index in [1.54, 1.807) is 12.1 Å². The Morgan fingerprint density at radius 3 is 2.48 bits per heavy atom. The van der Waals surface area contributed by atoms with Crippen LogP contribution in [0.15, 0.2) is 29.2 Å². The van der Waals surface area contributed by atoms with Gasteiger partial charge in [0.15, 0.2) is 0 Å². The SMILES string of the molecule is Cl.NC1C2CCCC1CC(C(=O)NCCNS(=O)(=O)c1cccc(Cl)c1)C2. The first kappa shape index (κ1) is 22.4. The summed E-state index contributed by atoms with van der Waals surface area (Å²) in [7, 11) is -3.63. The molecule has 0 aromatic heterocycles. The molecule has 1 aromatic rings. The number of sulfonamides is 1. The molecule has 0 spiro atoms. The Kier molecular flexibility index (Phi) is 7.94. The third kappa shape index (κ3) is 5.57. The minimum atomic E-state index is -3.63. The number of hydrogen-bond acceptors (Lipinski definition) is 4. The molecule has 2 atom stereocenters. The molecular formula is C18H27Cl2N3O3S. The molecule has 2 aliphatic rings. The van der Waals surface area contributed by atoms with Gasteiger partial charge in [-0.05, 0) is 55.7 Å². The number of carbonyl (C=O) groups is 1. The zero-order chi connectivity index (χ0) is 18.7. The maximum atomic E-state index is 12.4. The first-order chi connectivity index (χ1) is 12.4. The van der Waals surface area contributed by atoms with Gasteiger partial charge in [0.2, 0.25) is 15.9 Å². The van der Waals surface area contributed by atoms with Crippen molar-refractivity contribution < 1.29 is 13.2 Å². The van der Waals surface area contributed by atoms with E-state index < -0.39 is 10.0 Å². The first-order valence-corrected chi connectivity index (χ1v) is 11.0. The van der Waals surface area contributed by atoms with E-state index in [9.17, 15) is 13.2 Å². The van der Waals surface area contributed by atoms with Crippen molar-refractivity contribution in [1.29, 1.82) is 0 Å². The molecule has 2 fully saturated rings. The maximum absolute atomic E-state index is 12.4. The summed E-state index contributed by atoms with van der Waals surface area (Å²) in [4.78, 5) is 12.5. The lowest BCUT2D eigenvalue weighted by atomic mass is 9.65. The van der Waals surface area contributed by atoms with E-state index in [2.05, 4.69) is 10.0 Å². The summed E-state index contributed by atoms with van der Waals surface area (Å²) >= 11 is 5.83. The van der Waals surface area contributed by atoms with Gasteiger partial charge >= 0.3 is 0 Å².